The zero-order chi connectivity index (χ0) is 14.5. The second-order valence-electron chi connectivity index (χ2n) is 5.44. The molecule has 0 radical (unpaired) electrons. The Balaban J connectivity index is 1.79. The van der Waals surface area contributed by atoms with Gasteiger partial charge in [-0.05, 0) is 18.1 Å². The van der Waals surface area contributed by atoms with Crippen molar-refractivity contribution in [2.75, 3.05) is 19.6 Å². The summed E-state index contributed by atoms with van der Waals surface area (Å²) in [6, 6.07) is 7.92. The molecular formula is C15H22N2O3. The van der Waals surface area contributed by atoms with E-state index in [1.54, 1.807) is 4.90 Å². The Labute approximate surface area is 119 Å². The van der Waals surface area contributed by atoms with Crippen molar-refractivity contribution in [3.63, 3.8) is 0 Å². The topological polar surface area (TPSA) is 72.8 Å². The van der Waals surface area contributed by atoms with Gasteiger partial charge in [-0.25, -0.2) is 0 Å². The lowest BCUT2D eigenvalue weighted by atomic mass is 10.1. The van der Waals surface area contributed by atoms with Crippen LogP contribution in [-0.2, 0) is 11.3 Å². The molecule has 1 saturated heterocycles. The average Bonchev–Trinajstić information content (AvgIpc) is 2.36. The highest BCUT2D eigenvalue weighted by Gasteiger charge is 2.25. The third-order valence-electron chi connectivity index (χ3n) is 3.59. The van der Waals surface area contributed by atoms with E-state index in [1.165, 1.54) is 0 Å². The Hall–Kier alpha value is -1.43. The van der Waals surface area contributed by atoms with Crippen LogP contribution in [0.4, 0.5) is 0 Å². The Morgan fingerprint density at radius 1 is 1.30 bits per heavy atom. The summed E-state index contributed by atoms with van der Waals surface area (Å²) in [5.41, 5.74) is 2.25. The number of likely N-dealkylation sites (tertiary alicyclic amines) is 1. The first-order chi connectivity index (χ1) is 9.54. The lowest BCUT2D eigenvalue weighted by molar-refractivity contribution is -0.123. The van der Waals surface area contributed by atoms with Gasteiger partial charge in [0.2, 0.25) is 5.91 Å². The van der Waals surface area contributed by atoms with Gasteiger partial charge in [-0.15, -0.1) is 0 Å². The summed E-state index contributed by atoms with van der Waals surface area (Å²) in [6.07, 6.45) is -0.716. The number of amides is 1. The summed E-state index contributed by atoms with van der Waals surface area (Å²) >= 11 is 0. The number of hydrogen-bond donors (Lipinski definition) is 3. The number of nitrogens with zero attached hydrogens (tertiary/aromatic N) is 1. The van der Waals surface area contributed by atoms with E-state index in [9.17, 15) is 15.0 Å². The van der Waals surface area contributed by atoms with Crippen molar-refractivity contribution < 1.29 is 15.0 Å². The van der Waals surface area contributed by atoms with Crippen LogP contribution in [0.25, 0.3) is 0 Å². The number of benzene rings is 1. The molecule has 2 atom stereocenters. The number of β-amino-alcohol motifs (C(OH)–C–C–N with tert-alkyl or cyclic N) is 2. The lowest BCUT2D eigenvalue weighted by Gasteiger charge is -2.32. The van der Waals surface area contributed by atoms with Gasteiger partial charge in [-0.3, -0.25) is 9.69 Å². The molecule has 0 unspecified atom stereocenters. The number of rotatable bonds is 4. The molecule has 20 heavy (non-hydrogen) atoms. The maximum Gasteiger partial charge on any atom is 0.234 e. The minimum Gasteiger partial charge on any atom is -0.392 e. The maximum absolute atomic E-state index is 11.9. The molecular weight excluding hydrogens is 256 g/mol. The Morgan fingerprint density at radius 3 is 2.60 bits per heavy atom. The largest absolute Gasteiger partial charge is 0.392 e. The van der Waals surface area contributed by atoms with Crippen LogP contribution in [-0.4, -0.2) is 52.9 Å². The minimum absolute atomic E-state index is 0.0884. The number of aliphatic hydroxyl groups excluding tert-OH is 2. The predicted molar refractivity (Wildman–Crippen MR) is 76.1 cm³/mol. The van der Waals surface area contributed by atoms with Gasteiger partial charge in [-0.1, -0.05) is 24.3 Å². The molecule has 0 aromatic heterocycles. The van der Waals surface area contributed by atoms with Crippen molar-refractivity contribution in [2.24, 2.45) is 0 Å². The molecule has 0 aliphatic carbocycles. The number of piperidine rings is 1. The van der Waals surface area contributed by atoms with Crippen LogP contribution >= 0.6 is 0 Å². The van der Waals surface area contributed by atoms with Gasteiger partial charge in [0.1, 0.15) is 0 Å². The number of aliphatic hydroxyl groups is 2. The summed E-state index contributed by atoms with van der Waals surface area (Å²) in [4.78, 5) is 13.7. The van der Waals surface area contributed by atoms with E-state index in [4.69, 9.17) is 0 Å². The minimum atomic E-state index is -0.553. The van der Waals surface area contributed by atoms with Crippen molar-refractivity contribution in [1.29, 1.82) is 0 Å². The van der Waals surface area contributed by atoms with Crippen LogP contribution in [0.5, 0.6) is 0 Å². The molecule has 0 spiro atoms. The molecule has 5 nitrogen and oxygen atoms in total. The Morgan fingerprint density at radius 2 is 1.95 bits per heavy atom. The standard InChI is InChI=1S/C15H22N2O3/c1-11-4-2-3-5-12(11)7-16-15(20)10-17-8-13(18)6-14(19)9-17/h2-5,13-14,18-19H,6-10H2,1H3,(H,16,20)/t13-,14-/m1/s1. The van der Waals surface area contributed by atoms with Crippen LogP contribution in [0, 0.1) is 6.92 Å². The first-order valence-electron chi connectivity index (χ1n) is 6.94. The second kappa shape index (κ2) is 6.83. The first-order valence-corrected chi connectivity index (χ1v) is 6.94. The second-order valence-corrected chi connectivity index (χ2v) is 5.44. The zero-order valence-corrected chi connectivity index (χ0v) is 11.7. The molecule has 3 N–H and O–H groups in total. The third kappa shape index (κ3) is 4.30. The molecule has 1 aliphatic heterocycles. The summed E-state index contributed by atoms with van der Waals surface area (Å²) in [6.45, 7) is 3.60. The fourth-order valence-electron chi connectivity index (χ4n) is 2.52. The van der Waals surface area contributed by atoms with E-state index < -0.39 is 12.2 Å². The van der Waals surface area contributed by atoms with E-state index in [0.717, 1.165) is 11.1 Å². The van der Waals surface area contributed by atoms with Gasteiger partial charge < -0.3 is 15.5 Å². The van der Waals surface area contributed by atoms with Gasteiger partial charge in [0.25, 0.3) is 0 Å². The van der Waals surface area contributed by atoms with E-state index in [2.05, 4.69) is 5.32 Å². The fraction of sp³-hybridized carbons (Fsp3) is 0.533. The van der Waals surface area contributed by atoms with Crippen molar-refractivity contribution in [1.82, 2.24) is 10.2 Å². The highest BCUT2D eigenvalue weighted by molar-refractivity contribution is 5.78. The molecule has 2 rings (SSSR count). The van der Waals surface area contributed by atoms with E-state index in [-0.39, 0.29) is 12.5 Å². The molecule has 0 saturated carbocycles. The lowest BCUT2D eigenvalue weighted by Crippen LogP contribution is -2.49. The van der Waals surface area contributed by atoms with Gasteiger partial charge in [0.05, 0.1) is 18.8 Å². The average molecular weight is 278 g/mol. The highest BCUT2D eigenvalue weighted by Crippen LogP contribution is 2.10. The maximum atomic E-state index is 11.9. The molecule has 1 heterocycles. The van der Waals surface area contributed by atoms with E-state index in [0.29, 0.717) is 26.1 Å². The smallest absolute Gasteiger partial charge is 0.234 e. The normalized spacial score (nSPS) is 23.6. The monoisotopic (exact) mass is 278 g/mol. The molecule has 1 aliphatic rings. The van der Waals surface area contributed by atoms with Crippen molar-refractivity contribution >= 4 is 5.91 Å². The summed E-state index contributed by atoms with van der Waals surface area (Å²) in [7, 11) is 0. The fourth-order valence-corrected chi connectivity index (χ4v) is 2.52. The first kappa shape index (κ1) is 15.0. The zero-order valence-electron chi connectivity index (χ0n) is 11.7. The van der Waals surface area contributed by atoms with Crippen molar-refractivity contribution in [2.45, 2.75) is 32.1 Å². The highest BCUT2D eigenvalue weighted by atomic mass is 16.3. The summed E-state index contributed by atoms with van der Waals surface area (Å²) < 4.78 is 0. The van der Waals surface area contributed by atoms with Crippen LogP contribution in [0.2, 0.25) is 0 Å². The Kier molecular flexibility index (Phi) is 5.11. The summed E-state index contributed by atoms with van der Waals surface area (Å²) in [5, 5.41) is 22.0. The number of carbonyl (C=O) groups excluding carboxylic acids is 1. The van der Waals surface area contributed by atoms with Crippen molar-refractivity contribution in [3.05, 3.63) is 35.4 Å². The van der Waals surface area contributed by atoms with Crippen LogP contribution in [0.15, 0.2) is 24.3 Å². The molecule has 110 valence electrons. The third-order valence-corrected chi connectivity index (χ3v) is 3.59. The Bertz CT molecular complexity index is 454. The van der Waals surface area contributed by atoms with Crippen LogP contribution in [0.3, 0.4) is 0 Å². The van der Waals surface area contributed by atoms with E-state index >= 15 is 0 Å². The van der Waals surface area contributed by atoms with Crippen LogP contribution < -0.4 is 5.32 Å². The number of aryl methyl sites for hydroxylation is 1. The SMILES string of the molecule is Cc1ccccc1CNC(=O)CN1C[C@H](O)C[C@@H](O)C1. The quantitative estimate of drug-likeness (QED) is 0.727. The van der Waals surface area contributed by atoms with Gasteiger partial charge in [-0.2, -0.15) is 0 Å². The molecule has 0 bridgehead atoms. The predicted octanol–water partition coefficient (Wildman–Crippen LogP) is 0.0387. The number of hydrogen-bond acceptors (Lipinski definition) is 4. The number of nitrogens with one attached hydrogen (secondary N) is 1. The molecule has 1 aromatic carbocycles. The molecule has 1 amide bonds. The summed E-state index contributed by atoms with van der Waals surface area (Å²) in [5.74, 6) is -0.0884. The molecule has 1 fully saturated rings. The molecule has 5 heteroatoms. The van der Waals surface area contributed by atoms with Gasteiger partial charge in [0, 0.05) is 26.1 Å². The van der Waals surface area contributed by atoms with Gasteiger partial charge in [0.15, 0.2) is 0 Å². The van der Waals surface area contributed by atoms with Gasteiger partial charge >= 0.3 is 0 Å². The molecule has 1 aromatic rings. The van der Waals surface area contributed by atoms with Crippen molar-refractivity contribution in [3.8, 4) is 0 Å². The van der Waals surface area contributed by atoms with E-state index in [1.807, 2.05) is 31.2 Å². The number of carbonyl (C=O) groups is 1. The van der Waals surface area contributed by atoms with Crippen LogP contribution in [0.1, 0.15) is 17.5 Å².